The van der Waals surface area contributed by atoms with Crippen molar-refractivity contribution >= 4 is 29.4 Å². The van der Waals surface area contributed by atoms with Gasteiger partial charge in [0.15, 0.2) is 17.0 Å². The highest BCUT2D eigenvalue weighted by Crippen LogP contribution is 2.32. The topological polar surface area (TPSA) is 70.6 Å². The van der Waals surface area contributed by atoms with Gasteiger partial charge in [-0.3, -0.25) is 4.79 Å². The molecule has 3 N–H and O–H groups in total. The van der Waals surface area contributed by atoms with Crippen molar-refractivity contribution < 1.29 is 14.6 Å². The molecule has 0 aliphatic carbocycles. The van der Waals surface area contributed by atoms with Crippen molar-refractivity contribution in [2.24, 2.45) is 0 Å². The normalized spacial score (nSPS) is 18.2. The number of hydrogen-bond donors (Lipinski definition) is 3. The van der Waals surface area contributed by atoms with Crippen LogP contribution in [-0.2, 0) is 11.2 Å². The molecule has 0 radical (unpaired) electrons. The third-order valence-corrected chi connectivity index (χ3v) is 4.92. The second-order valence-electron chi connectivity index (χ2n) is 5.61. The molecule has 1 aliphatic heterocycles. The molecule has 2 aromatic carbocycles. The van der Waals surface area contributed by atoms with Crippen LogP contribution in [0.15, 0.2) is 47.4 Å². The molecule has 5 nitrogen and oxygen atoms in total. The van der Waals surface area contributed by atoms with E-state index in [2.05, 4.69) is 29.7 Å². The van der Waals surface area contributed by atoms with Crippen molar-refractivity contribution in [3.63, 3.8) is 0 Å². The molecular weight excluding hydrogens is 336 g/mol. The van der Waals surface area contributed by atoms with Crippen molar-refractivity contribution in [3.05, 3.63) is 58.5 Å². The minimum Gasteiger partial charge on any atom is -0.504 e. The third kappa shape index (κ3) is 4.09. The summed E-state index contributed by atoms with van der Waals surface area (Å²) in [7, 11) is 1.50. The summed E-state index contributed by atoms with van der Waals surface area (Å²) in [5.74, 6) is 0.315. The van der Waals surface area contributed by atoms with E-state index in [4.69, 9.17) is 4.74 Å². The van der Waals surface area contributed by atoms with Gasteiger partial charge in [-0.1, -0.05) is 36.9 Å². The predicted molar refractivity (Wildman–Crippen MR) is 102 cm³/mol. The Bertz CT molecular complexity index is 803. The summed E-state index contributed by atoms with van der Waals surface area (Å²) < 4.78 is 5.03. The van der Waals surface area contributed by atoms with Crippen molar-refractivity contribution in [2.45, 2.75) is 18.8 Å². The summed E-state index contributed by atoms with van der Waals surface area (Å²) in [6.07, 6.45) is 2.75. The van der Waals surface area contributed by atoms with Gasteiger partial charge in [0, 0.05) is 5.69 Å². The number of carbonyl (C=O) groups is 1. The molecule has 0 bridgehead atoms. The Morgan fingerprint density at radius 2 is 2.04 bits per heavy atom. The molecule has 1 atom stereocenters. The summed E-state index contributed by atoms with van der Waals surface area (Å²) in [6, 6.07) is 13.2. The maximum Gasteiger partial charge on any atom is 0.260 e. The van der Waals surface area contributed by atoms with E-state index in [0.29, 0.717) is 10.7 Å². The molecule has 25 heavy (non-hydrogen) atoms. The number of methoxy groups -OCH3 is 1. The van der Waals surface area contributed by atoms with Crippen molar-refractivity contribution in [3.8, 4) is 11.5 Å². The van der Waals surface area contributed by atoms with E-state index in [1.54, 1.807) is 24.3 Å². The van der Waals surface area contributed by atoms with E-state index < -0.39 is 0 Å². The van der Waals surface area contributed by atoms with E-state index in [9.17, 15) is 9.90 Å². The van der Waals surface area contributed by atoms with Crippen LogP contribution in [0, 0.1) is 0 Å². The maximum absolute atomic E-state index is 12.2. The molecule has 6 heteroatoms. The first kappa shape index (κ1) is 17.2. The highest BCUT2D eigenvalue weighted by Gasteiger charge is 2.27. The summed E-state index contributed by atoms with van der Waals surface area (Å²) in [5, 5.41) is 16.0. The van der Waals surface area contributed by atoms with Crippen LogP contribution in [0.25, 0.3) is 6.08 Å². The average Bonchev–Trinajstić information content (AvgIpc) is 2.95. The van der Waals surface area contributed by atoms with Crippen molar-refractivity contribution in [2.75, 3.05) is 12.4 Å². The largest absolute Gasteiger partial charge is 0.504 e. The van der Waals surface area contributed by atoms with Gasteiger partial charge >= 0.3 is 0 Å². The van der Waals surface area contributed by atoms with Crippen LogP contribution in [0.4, 0.5) is 5.69 Å². The van der Waals surface area contributed by atoms with Gasteiger partial charge in [-0.05, 0) is 47.9 Å². The lowest BCUT2D eigenvalue weighted by atomic mass is 10.1. The molecule has 3 rings (SSSR count). The van der Waals surface area contributed by atoms with Gasteiger partial charge in [0.25, 0.3) is 5.91 Å². The van der Waals surface area contributed by atoms with E-state index in [-0.39, 0.29) is 17.2 Å². The van der Waals surface area contributed by atoms with Gasteiger partial charge in [-0.25, -0.2) is 0 Å². The maximum atomic E-state index is 12.2. The van der Waals surface area contributed by atoms with Crippen molar-refractivity contribution in [1.29, 1.82) is 0 Å². The molecule has 0 spiro atoms. The number of amides is 1. The number of rotatable bonds is 5. The van der Waals surface area contributed by atoms with Crippen molar-refractivity contribution in [1.82, 2.24) is 5.32 Å². The van der Waals surface area contributed by atoms with Crippen LogP contribution < -0.4 is 15.4 Å². The second kappa shape index (κ2) is 7.53. The van der Waals surface area contributed by atoms with Crippen LogP contribution in [0.1, 0.15) is 18.1 Å². The van der Waals surface area contributed by atoms with Crippen LogP contribution in [-0.4, -0.2) is 23.6 Å². The van der Waals surface area contributed by atoms with Gasteiger partial charge in [0.2, 0.25) is 0 Å². The molecule has 1 fully saturated rings. The van der Waals surface area contributed by atoms with Crippen LogP contribution in [0.5, 0.6) is 11.5 Å². The number of phenolic OH excluding ortho intramolecular Hbond substituents is 1. The highest BCUT2D eigenvalue weighted by molar-refractivity contribution is 8.05. The lowest BCUT2D eigenvalue weighted by Gasteiger charge is -2.12. The number of aryl methyl sites for hydroxylation is 1. The fourth-order valence-electron chi connectivity index (χ4n) is 2.50. The van der Waals surface area contributed by atoms with Gasteiger partial charge in [0.1, 0.15) is 0 Å². The fourth-order valence-corrected chi connectivity index (χ4v) is 3.49. The fraction of sp³-hybridized carbons (Fsp3) is 0.211. The molecule has 0 aromatic heterocycles. The smallest absolute Gasteiger partial charge is 0.260 e. The number of thioether (sulfide) groups is 1. The Labute approximate surface area is 151 Å². The summed E-state index contributed by atoms with van der Waals surface area (Å²) in [4.78, 5) is 12.8. The van der Waals surface area contributed by atoms with E-state index >= 15 is 0 Å². The minimum atomic E-state index is -0.224. The monoisotopic (exact) mass is 356 g/mol. The van der Waals surface area contributed by atoms with Gasteiger partial charge in [0.05, 0.1) is 12.0 Å². The molecule has 1 heterocycles. The number of anilines is 1. The highest BCUT2D eigenvalue weighted by atomic mass is 32.2. The first-order chi connectivity index (χ1) is 12.1. The summed E-state index contributed by atoms with van der Waals surface area (Å²) >= 11 is 1.41. The minimum absolute atomic E-state index is 0.0472. The SMILES string of the molecule is CCc1ccc(N[C@H]2NC(=O)/C(=C/c3ccc(OC)c(O)c3)S2)cc1. The lowest BCUT2D eigenvalue weighted by molar-refractivity contribution is -0.116. The average molecular weight is 356 g/mol. The zero-order valence-corrected chi connectivity index (χ0v) is 14.9. The number of hydrogen-bond acceptors (Lipinski definition) is 5. The second-order valence-corrected chi connectivity index (χ2v) is 6.75. The summed E-state index contributed by atoms with van der Waals surface area (Å²) in [6.45, 7) is 2.11. The molecule has 130 valence electrons. The Kier molecular flexibility index (Phi) is 5.19. The van der Waals surface area contributed by atoms with Gasteiger partial charge in [-0.2, -0.15) is 0 Å². The van der Waals surface area contributed by atoms with E-state index in [1.165, 1.54) is 24.4 Å². The Morgan fingerprint density at radius 1 is 1.28 bits per heavy atom. The van der Waals surface area contributed by atoms with Crippen LogP contribution in [0.3, 0.4) is 0 Å². The molecule has 1 aliphatic rings. The zero-order valence-electron chi connectivity index (χ0n) is 14.1. The number of carbonyl (C=O) groups excluding carboxylic acids is 1. The molecule has 0 saturated carbocycles. The quantitative estimate of drug-likeness (QED) is 0.715. The Morgan fingerprint density at radius 3 is 2.68 bits per heavy atom. The Hall–Kier alpha value is -2.60. The Balaban J connectivity index is 1.70. The number of phenols is 1. The number of nitrogens with one attached hydrogen (secondary N) is 2. The molecule has 2 aromatic rings. The first-order valence-electron chi connectivity index (χ1n) is 8.00. The number of benzene rings is 2. The van der Waals surface area contributed by atoms with E-state index in [1.807, 2.05) is 12.1 Å². The van der Waals surface area contributed by atoms with Gasteiger partial charge < -0.3 is 20.5 Å². The van der Waals surface area contributed by atoms with Gasteiger partial charge in [-0.15, -0.1) is 0 Å². The number of aromatic hydroxyl groups is 1. The number of ether oxygens (including phenoxy) is 1. The third-order valence-electron chi connectivity index (χ3n) is 3.89. The van der Waals surface area contributed by atoms with Crippen LogP contribution in [0.2, 0.25) is 0 Å². The van der Waals surface area contributed by atoms with E-state index in [0.717, 1.165) is 17.7 Å². The van der Waals surface area contributed by atoms with Crippen LogP contribution >= 0.6 is 11.8 Å². The lowest BCUT2D eigenvalue weighted by Crippen LogP contribution is -2.30. The zero-order chi connectivity index (χ0) is 17.8. The molecule has 0 unspecified atom stereocenters. The first-order valence-corrected chi connectivity index (χ1v) is 8.88. The summed E-state index contributed by atoms with van der Waals surface area (Å²) in [5.41, 5.74) is 2.74. The molecular formula is C19H20N2O3S. The molecule has 1 saturated heterocycles. The standard InChI is InChI=1S/C19H20N2O3S/c1-3-12-4-7-14(8-5-12)20-19-21-18(23)17(25-19)11-13-6-9-16(24-2)15(22)10-13/h4-11,19-20,22H,3H2,1-2H3,(H,21,23)/b17-11-/t19-/m0/s1. The predicted octanol–water partition coefficient (Wildman–Crippen LogP) is 3.56. The molecule has 1 amide bonds.